The zero-order chi connectivity index (χ0) is 14.4. The van der Waals surface area contributed by atoms with Crippen molar-refractivity contribution in [2.75, 3.05) is 20.3 Å². The van der Waals surface area contributed by atoms with Crippen LogP contribution in [-0.2, 0) is 11.3 Å². The molecule has 1 unspecified atom stereocenters. The van der Waals surface area contributed by atoms with E-state index in [0.717, 1.165) is 0 Å². The summed E-state index contributed by atoms with van der Waals surface area (Å²) < 4.78 is 4.94. The molecule has 19 heavy (non-hydrogen) atoms. The third kappa shape index (κ3) is 3.95. The highest BCUT2D eigenvalue weighted by Crippen LogP contribution is 2.23. The van der Waals surface area contributed by atoms with Crippen LogP contribution in [0.1, 0.15) is 16.8 Å². The Morgan fingerprint density at radius 3 is 2.79 bits per heavy atom. The lowest BCUT2D eigenvalue weighted by Gasteiger charge is -2.15. The van der Waals surface area contributed by atoms with Crippen LogP contribution in [0.3, 0.4) is 0 Å². The second-order valence-electron chi connectivity index (χ2n) is 4.33. The van der Waals surface area contributed by atoms with Crippen molar-refractivity contribution in [2.45, 2.75) is 26.4 Å². The van der Waals surface area contributed by atoms with E-state index in [1.165, 1.54) is 6.20 Å². The molecule has 0 spiro atoms. The highest BCUT2D eigenvalue weighted by Gasteiger charge is 2.19. The van der Waals surface area contributed by atoms with E-state index in [2.05, 4.69) is 10.3 Å². The SMILES string of the molecule is COCC(CO)NCc1ncc(C)c([N+](=O)[O-])c1C. The summed E-state index contributed by atoms with van der Waals surface area (Å²) in [5.41, 5.74) is 1.79. The van der Waals surface area contributed by atoms with Gasteiger partial charge in [0.15, 0.2) is 0 Å². The van der Waals surface area contributed by atoms with Crippen LogP contribution in [0.4, 0.5) is 5.69 Å². The number of nitrogens with one attached hydrogen (secondary N) is 1. The van der Waals surface area contributed by atoms with Crippen LogP contribution in [0.25, 0.3) is 0 Å². The normalized spacial score (nSPS) is 12.4. The molecule has 0 aliphatic rings. The molecule has 0 aliphatic carbocycles. The van der Waals surface area contributed by atoms with E-state index in [-0.39, 0.29) is 18.3 Å². The van der Waals surface area contributed by atoms with E-state index in [4.69, 9.17) is 9.84 Å². The van der Waals surface area contributed by atoms with Crippen LogP contribution in [0.15, 0.2) is 6.20 Å². The minimum Gasteiger partial charge on any atom is -0.395 e. The number of nitrogens with zero attached hydrogens (tertiary/aromatic N) is 2. The predicted molar refractivity (Wildman–Crippen MR) is 70.0 cm³/mol. The molecule has 1 aromatic rings. The molecule has 7 nitrogen and oxygen atoms in total. The summed E-state index contributed by atoms with van der Waals surface area (Å²) in [5, 5.41) is 23.2. The largest absolute Gasteiger partial charge is 0.395 e. The zero-order valence-electron chi connectivity index (χ0n) is 11.3. The van der Waals surface area contributed by atoms with Crippen molar-refractivity contribution < 1.29 is 14.8 Å². The number of nitro groups is 1. The lowest BCUT2D eigenvalue weighted by Crippen LogP contribution is -2.36. The van der Waals surface area contributed by atoms with Crippen LogP contribution in [0.2, 0.25) is 0 Å². The number of ether oxygens (including phenoxy) is 1. The number of aliphatic hydroxyl groups is 1. The summed E-state index contributed by atoms with van der Waals surface area (Å²) in [7, 11) is 1.55. The fourth-order valence-electron chi connectivity index (χ4n) is 1.84. The minimum atomic E-state index is -0.394. The Kier molecular flexibility index (Phi) is 5.81. The first-order chi connectivity index (χ1) is 9.01. The standard InChI is InChI=1S/C12H19N3O4/c1-8-4-14-11(9(2)12(8)15(17)18)5-13-10(6-16)7-19-3/h4,10,13,16H,5-7H2,1-3H3. The number of aryl methyl sites for hydroxylation is 1. The van der Waals surface area contributed by atoms with Crippen LogP contribution in [-0.4, -0.2) is 41.4 Å². The third-order valence-corrected chi connectivity index (χ3v) is 2.90. The van der Waals surface area contributed by atoms with Gasteiger partial charge in [-0.15, -0.1) is 0 Å². The van der Waals surface area contributed by atoms with Gasteiger partial charge in [-0.1, -0.05) is 0 Å². The minimum absolute atomic E-state index is 0.0686. The zero-order valence-corrected chi connectivity index (χ0v) is 11.3. The molecule has 7 heteroatoms. The van der Waals surface area contributed by atoms with Gasteiger partial charge in [0, 0.05) is 31.0 Å². The maximum Gasteiger partial charge on any atom is 0.278 e. The molecule has 1 aromatic heterocycles. The van der Waals surface area contributed by atoms with Crippen LogP contribution < -0.4 is 5.32 Å². The topological polar surface area (TPSA) is 97.5 Å². The Bertz CT molecular complexity index is 451. The van der Waals surface area contributed by atoms with Gasteiger partial charge in [0.2, 0.25) is 0 Å². The number of hydrogen-bond acceptors (Lipinski definition) is 6. The van der Waals surface area contributed by atoms with E-state index in [1.54, 1.807) is 21.0 Å². The molecule has 0 bridgehead atoms. The quantitative estimate of drug-likeness (QED) is 0.558. The molecule has 0 saturated carbocycles. The molecule has 0 fully saturated rings. The maximum absolute atomic E-state index is 11.0. The van der Waals surface area contributed by atoms with Gasteiger partial charge in [-0.25, -0.2) is 0 Å². The molecule has 0 aromatic carbocycles. The van der Waals surface area contributed by atoms with E-state index in [9.17, 15) is 10.1 Å². The van der Waals surface area contributed by atoms with Gasteiger partial charge in [0.05, 0.1) is 29.9 Å². The van der Waals surface area contributed by atoms with Gasteiger partial charge in [-0.05, 0) is 13.8 Å². The van der Waals surface area contributed by atoms with Crippen molar-refractivity contribution in [1.82, 2.24) is 10.3 Å². The number of rotatable bonds is 7. The first-order valence-electron chi connectivity index (χ1n) is 5.93. The van der Waals surface area contributed by atoms with Crippen LogP contribution >= 0.6 is 0 Å². The van der Waals surface area contributed by atoms with Crippen molar-refractivity contribution >= 4 is 5.69 Å². The molecule has 1 rings (SSSR count). The monoisotopic (exact) mass is 269 g/mol. The molecule has 0 amide bonds. The Morgan fingerprint density at radius 2 is 2.26 bits per heavy atom. The highest BCUT2D eigenvalue weighted by molar-refractivity contribution is 5.47. The Hall–Kier alpha value is -1.57. The second kappa shape index (κ2) is 7.13. The predicted octanol–water partition coefficient (Wildman–Crippen LogP) is 0.704. The average Bonchev–Trinajstić information content (AvgIpc) is 2.36. The summed E-state index contributed by atoms with van der Waals surface area (Å²) in [4.78, 5) is 14.8. The van der Waals surface area contributed by atoms with Crippen LogP contribution in [0.5, 0.6) is 0 Å². The smallest absolute Gasteiger partial charge is 0.278 e. The molecule has 0 saturated heterocycles. The molecule has 1 heterocycles. The van der Waals surface area contributed by atoms with Crippen LogP contribution in [0, 0.1) is 24.0 Å². The summed E-state index contributed by atoms with van der Waals surface area (Å²) >= 11 is 0. The molecule has 1 atom stereocenters. The first-order valence-corrected chi connectivity index (χ1v) is 5.93. The third-order valence-electron chi connectivity index (χ3n) is 2.90. The number of aliphatic hydroxyl groups excluding tert-OH is 1. The summed E-state index contributed by atoms with van der Waals surface area (Å²) in [5.74, 6) is 0. The second-order valence-corrected chi connectivity index (χ2v) is 4.33. The molecule has 0 aliphatic heterocycles. The van der Waals surface area contributed by atoms with E-state index in [0.29, 0.717) is 30.0 Å². The molecular formula is C12H19N3O4. The molecule has 0 radical (unpaired) electrons. The lowest BCUT2D eigenvalue weighted by atomic mass is 10.1. The summed E-state index contributed by atoms with van der Waals surface area (Å²) in [6.45, 7) is 3.99. The summed E-state index contributed by atoms with van der Waals surface area (Å²) in [6.07, 6.45) is 1.49. The number of methoxy groups -OCH3 is 1. The number of hydrogen-bond donors (Lipinski definition) is 2. The number of pyridine rings is 1. The van der Waals surface area contributed by atoms with E-state index in [1.807, 2.05) is 0 Å². The first kappa shape index (κ1) is 15.5. The Labute approximate surface area is 111 Å². The summed E-state index contributed by atoms with van der Waals surface area (Å²) in [6, 6.07) is -0.216. The van der Waals surface area contributed by atoms with Gasteiger partial charge in [-0.3, -0.25) is 15.1 Å². The Morgan fingerprint density at radius 1 is 1.58 bits per heavy atom. The average molecular weight is 269 g/mol. The van der Waals surface area contributed by atoms with Gasteiger partial charge in [0.1, 0.15) is 0 Å². The van der Waals surface area contributed by atoms with Gasteiger partial charge in [0.25, 0.3) is 5.69 Å². The fourth-order valence-corrected chi connectivity index (χ4v) is 1.84. The molecule has 106 valence electrons. The van der Waals surface area contributed by atoms with E-state index >= 15 is 0 Å². The van der Waals surface area contributed by atoms with Gasteiger partial charge in [-0.2, -0.15) is 0 Å². The lowest BCUT2D eigenvalue weighted by molar-refractivity contribution is -0.386. The van der Waals surface area contributed by atoms with Gasteiger partial charge < -0.3 is 15.2 Å². The van der Waals surface area contributed by atoms with E-state index < -0.39 is 4.92 Å². The molecular weight excluding hydrogens is 250 g/mol. The van der Waals surface area contributed by atoms with Crippen molar-refractivity contribution in [3.05, 3.63) is 33.1 Å². The van der Waals surface area contributed by atoms with Crippen molar-refractivity contribution in [1.29, 1.82) is 0 Å². The highest BCUT2D eigenvalue weighted by atomic mass is 16.6. The van der Waals surface area contributed by atoms with Crippen molar-refractivity contribution in [3.8, 4) is 0 Å². The Balaban J connectivity index is 2.85. The van der Waals surface area contributed by atoms with Gasteiger partial charge >= 0.3 is 0 Å². The molecule has 2 N–H and O–H groups in total. The fraction of sp³-hybridized carbons (Fsp3) is 0.583. The van der Waals surface area contributed by atoms with Crippen molar-refractivity contribution in [3.63, 3.8) is 0 Å². The number of aromatic nitrogens is 1. The van der Waals surface area contributed by atoms with Crippen molar-refractivity contribution in [2.24, 2.45) is 0 Å². The maximum atomic E-state index is 11.0.